The average molecular weight is 509 g/mol. The molecule has 1 amide bonds. The van der Waals surface area contributed by atoms with Crippen LogP contribution in [0.5, 0.6) is 0 Å². The molecule has 0 saturated heterocycles. The van der Waals surface area contributed by atoms with E-state index in [4.69, 9.17) is 4.74 Å². The average Bonchev–Trinajstić information content (AvgIpc) is 3.50. The fourth-order valence-electron chi connectivity index (χ4n) is 4.23. The molecule has 0 aliphatic heterocycles. The molecule has 1 aliphatic carbocycles. The number of thiophene rings is 2. The molecule has 1 aliphatic rings. The van der Waals surface area contributed by atoms with Crippen molar-refractivity contribution in [1.82, 2.24) is 9.78 Å². The fraction of sp³-hybridized carbons (Fsp3) is 0.280. The second-order valence-electron chi connectivity index (χ2n) is 8.60. The van der Waals surface area contributed by atoms with Gasteiger partial charge in [-0.15, -0.1) is 22.7 Å². The number of anilines is 1. The van der Waals surface area contributed by atoms with Crippen molar-refractivity contribution in [3.63, 3.8) is 0 Å². The minimum Gasteiger partial charge on any atom is -0.451 e. The van der Waals surface area contributed by atoms with Crippen LogP contribution in [0.4, 0.5) is 9.39 Å². The smallest absolute Gasteiger partial charge is 0.348 e. The summed E-state index contributed by atoms with van der Waals surface area (Å²) in [5, 5.41) is 18.1. The molecule has 0 bridgehead atoms. The van der Waals surface area contributed by atoms with Gasteiger partial charge in [0.25, 0.3) is 5.91 Å². The van der Waals surface area contributed by atoms with Crippen molar-refractivity contribution in [1.29, 1.82) is 5.26 Å². The third kappa shape index (κ3) is 4.45. The van der Waals surface area contributed by atoms with Crippen molar-refractivity contribution in [3.05, 3.63) is 62.7 Å². The maximum Gasteiger partial charge on any atom is 0.348 e. The summed E-state index contributed by atoms with van der Waals surface area (Å²) in [6.45, 7) is 3.55. The molecule has 7 nitrogen and oxygen atoms in total. The Hall–Kier alpha value is -3.55. The van der Waals surface area contributed by atoms with E-state index in [-0.39, 0.29) is 5.82 Å². The molecule has 1 atom stereocenters. The van der Waals surface area contributed by atoms with Crippen LogP contribution in [0, 0.1) is 30.0 Å². The first-order valence-corrected chi connectivity index (χ1v) is 12.7. The molecule has 0 fully saturated rings. The van der Waals surface area contributed by atoms with E-state index in [1.807, 2.05) is 6.92 Å². The number of ether oxygens (including phenoxy) is 1. The molecule has 0 spiro atoms. The van der Waals surface area contributed by atoms with Gasteiger partial charge >= 0.3 is 5.97 Å². The monoisotopic (exact) mass is 508 g/mol. The highest BCUT2D eigenvalue weighted by Crippen LogP contribution is 2.39. The van der Waals surface area contributed by atoms with Gasteiger partial charge in [0.2, 0.25) is 0 Å². The van der Waals surface area contributed by atoms with E-state index in [1.54, 1.807) is 22.9 Å². The first kappa shape index (κ1) is 23.2. The van der Waals surface area contributed by atoms with Gasteiger partial charge < -0.3 is 10.1 Å². The SMILES string of the molecule is Cc1nn(-c2ccc(F)cc2)c2sc(C(=O)OCC(=O)Nc3sc4c(c3C#N)CCC(C)C4)cc12. The van der Waals surface area contributed by atoms with Gasteiger partial charge in [-0.05, 0) is 68.0 Å². The maximum absolute atomic E-state index is 13.3. The third-order valence-corrected chi connectivity index (χ3v) is 8.29. The van der Waals surface area contributed by atoms with E-state index in [1.165, 1.54) is 34.8 Å². The van der Waals surface area contributed by atoms with Gasteiger partial charge in [0.1, 0.15) is 26.6 Å². The van der Waals surface area contributed by atoms with Crippen molar-refractivity contribution in [2.24, 2.45) is 5.92 Å². The van der Waals surface area contributed by atoms with E-state index in [0.29, 0.717) is 27.0 Å². The van der Waals surface area contributed by atoms with Gasteiger partial charge in [0.15, 0.2) is 6.61 Å². The van der Waals surface area contributed by atoms with Crippen molar-refractivity contribution >= 4 is 49.8 Å². The number of nitrogens with one attached hydrogen (secondary N) is 1. The Balaban J connectivity index is 1.28. The Bertz CT molecular complexity index is 1490. The summed E-state index contributed by atoms with van der Waals surface area (Å²) in [6, 6.07) is 9.82. The lowest BCUT2D eigenvalue weighted by Gasteiger charge is -2.17. The number of aromatic nitrogens is 2. The maximum atomic E-state index is 13.3. The van der Waals surface area contributed by atoms with E-state index >= 15 is 0 Å². The quantitative estimate of drug-likeness (QED) is 0.365. The predicted octanol–water partition coefficient (Wildman–Crippen LogP) is 5.39. The van der Waals surface area contributed by atoms with Crippen molar-refractivity contribution in [3.8, 4) is 11.8 Å². The van der Waals surface area contributed by atoms with Crippen LogP contribution >= 0.6 is 22.7 Å². The summed E-state index contributed by atoms with van der Waals surface area (Å²) in [7, 11) is 0. The topological polar surface area (TPSA) is 97.0 Å². The Morgan fingerprint density at radius 3 is 2.83 bits per heavy atom. The van der Waals surface area contributed by atoms with Gasteiger partial charge in [0, 0.05) is 10.3 Å². The molecule has 1 N–H and O–H groups in total. The van der Waals surface area contributed by atoms with E-state index in [9.17, 15) is 19.2 Å². The molecule has 1 aromatic carbocycles. The summed E-state index contributed by atoms with van der Waals surface area (Å²) < 4.78 is 20.2. The van der Waals surface area contributed by atoms with Crippen LogP contribution in [0.3, 0.4) is 0 Å². The van der Waals surface area contributed by atoms with Gasteiger partial charge in [-0.25, -0.2) is 13.9 Å². The molecular weight excluding hydrogens is 487 g/mol. The van der Waals surface area contributed by atoms with Crippen molar-refractivity contribution in [2.75, 3.05) is 11.9 Å². The molecule has 0 radical (unpaired) electrons. The molecule has 3 heterocycles. The standard InChI is InChI=1S/C25H21FN4O3S2/c1-13-3-8-17-19(11-27)23(34-20(17)9-13)28-22(31)12-33-25(32)21-10-18-14(2)29-30(24(18)35-21)16-6-4-15(26)5-7-16/h4-7,10,13H,3,8-9,12H2,1-2H3,(H,28,31). The van der Waals surface area contributed by atoms with E-state index in [2.05, 4.69) is 23.4 Å². The van der Waals surface area contributed by atoms with Crippen molar-refractivity contribution in [2.45, 2.75) is 33.1 Å². The molecule has 4 aromatic rings. The van der Waals surface area contributed by atoms with Crippen LogP contribution in [0.15, 0.2) is 30.3 Å². The van der Waals surface area contributed by atoms with Gasteiger partial charge in [-0.2, -0.15) is 10.4 Å². The number of hydrogen-bond donors (Lipinski definition) is 1. The van der Waals surface area contributed by atoms with Crippen LogP contribution in [0.1, 0.15) is 44.7 Å². The number of halogens is 1. The Kier molecular flexibility index (Phi) is 6.13. The number of aryl methyl sites for hydroxylation is 1. The summed E-state index contributed by atoms with van der Waals surface area (Å²) in [4.78, 5) is 27.4. The highest BCUT2D eigenvalue weighted by atomic mass is 32.1. The number of nitriles is 1. The minimum absolute atomic E-state index is 0.336. The van der Waals surface area contributed by atoms with Gasteiger partial charge in [-0.1, -0.05) is 6.92 Å². The predicted molar refractivity (Wildman–Crippen MR) is 133 cm³/mol. The molecule has 1 unspecified atom stereocenters. The number of esters is 1. The number of carbonyl (C=O) groups excluding carboxylic acids is 2. The summed E-state index contributed by atoms with van der Waals surface area (Å²) in [6.07, 6.45) is 2.76. The lowest BCUT2D eigenvalue weighted by Crippen LogP contribution is -2.20. The van der Waals surface area contributed by atoms with E-state index < -0.39 is 18.5 Å². The highest BCUT2D eigenvalue weighted by Gasteiger charge is 2.25. The molecule has 5 rings (SSSR count). The second kappa shape index (κ2) is 9.24. The zero-order chi connectivity index (χ0) is 24.7. The molecule has 178 valence electrons. The van der Waals surface area contributed by atoms with Gasteiger partial charge in [0.05, 0.1) is 16.9 Å². The summed E-state index contributed by atoms with van der Waals surface area (Å²) >= 11 is 2.62. The van der Waals surface area contributed by atoms with Crippen LogP contribution in [0.25, 0.3) is 15.9 Å². The highest BCUT2D eigenvalue weighted by molar-refractivity contribution is 7.20. The number of hydrogen-bond acceptors (Lipinski definition) is 7. The number of amides is 1. The third-order valence-electron chi connectivity index (χ3n) is 6.03. The van der Waals surface area contributed by atoms with E-state index in [0.717, 1.165) is 45.6 Å². The molecule has 35 heavy (non-hydrogen) atoms. The van der Waals surface area contributed by atoms with Crippen LogP contribution < -0.4 is 5.32 Å². The van der Waals surface area contributed by atoms with Crippen LogP contribution in [-0.2, 0) is 22.4 Å². The summed E-state index contributed by atoms with van der Waals surface area (Å²) in [5.41, 5.74) is 2.94. The number of carbonyl (C=O) groups is 2. The number of benzene rings is 1. The fourth-order valence-corrected chi connectivity index (χ4v) is 6.68. The first-order valence-electron chi connectivity index (χ1n) is 11.1. The Morgan fingerprint density at radius 1 is 1.31 bits per heavy atom. The van der Waals surface area contributed by atoms with Crippen LogP contribution in [0.2, 0.25) is 0 Å². The number of fused-ring (bicyclic) bond motifs is 2. The number of nitrogens with zero attached hydrogens (tertiary/aromatic N) is 3. The zero-order valence-corrected chi connectivity index (χ0v) is 20.7. The Morgan fingerprint density at radius 2 is 2.09 bits per heavy atom. The lowest BCUT2D eigenvalue weighted by atomic mass is 9.89. The number of rotatable bonds is 5. The van der Waals surface area contributed by atoms with Gasteiger partial charge in [-0.3, -0.25) is 4.79 Å². The zero-order valence-electron chi connectivity index (χ0n) is 19.1. The first-order chi connectivity index (χ1) is 16.8. The Labute approximate surface area is 208 Å². The molecular formula is C25H21FN4O3S2. The lowest BCUT2D eigenvalue weighted by molar-refractivity contribution is -0.119. The largest absolute Gasteiger partial charge is 0.451 e. The molecule has 0 saturated carbocycles. The molecule has 3 aromatic heterocycles. The second-order valence-corrected chi connectivity index (χ2v) is 10.7. The van der Waals surface area contributed by atoms with Crippen molar-refractivity contribution < 1.29 is 18.7 Å². The molecule has 10 heteroatoms. The van der Waals surface area contributed by atoms with Crippen LogP contribution in [-0.4, -0.2) is 28.3 Å². The normalized spacial score (nSPS) is 15.0. The summed E-state index contributed by atoms with van der Waals surface area (Å²) in [5.74, 6) is -0.901. The minimum atomic E-state index is -0.619.